The second-order valence-corrected chi connectivity index (χ2v) is 7.17. The summed E-state index contributed by atoms with van der Waals surface area (Å²) in [5, 5.41) is 2.70. The molecule has 1 aromatic heterocycles. The lowest BCUT2D eigenvalue weighted by Crippen LogP contribution is -2.35. The fourth-order valence-electron chi connectivity index (χ4n) is 2.15. The number of sulfone groups is 1. The standard InChI is InChI=1S/C16H19NO5S/c1-12(10-21-2)17-16(18)15-13(8-9-22-15)11-23(19,20)14-6-4-3-5-7-14/h3-9,12H,10-11H2,1-2H3,(H,17,18)/t12-/m0/s1. The highest BCUT2D eigenvalue weighted by Gasteiger charge is 2.23. The van der Waals surface area contributed by atoms with Gasteiger partial charge in [-0.2, -0.15) is 0 Å². The molecule has 0 spiro atoms. The molecule has 0 aliphatic carbocycles. The van der Waals surface area contributed by atoms with Crippen molar-refractivity contribution in [1.29, 1.82) is 0 Å². The van der Waals surface area contributed by atoms with E-state index in [0.29, 0.717) is 12.2 Å². The van der Waals surface area contributed by atoms with E-state index >= 15 is 0 Å². The van der Waals surface area contributed by atoms with E-state index in [-0.39, 0.29) is 22.5 Å². The molecule has 0 saturated heterocycles. The van der Waals surface area contributed by atoms with Crippen molar-refractivity contribution in [3.05, 3.63) is 54.0 Å². The predicted molar refractivity (Wildman–Crippen MR) is 84.8 cm³/mol. The molecule has 124 valence electrons. The lowest BCUT2D eigenvalue weighted by Gasteiger charge is -2.12. The van der Waals surface area contributed by atoms with Gasteiger partial charge >= 0.3 is 0 Å². The molecule has 0 fully saturated rings. The molecule has 0 aliphatic rings. The number of furan rings is 1. The molecule has 1 aromatic carbocycles. The average Bonchev–Trinajstić information content (AvgIpc) is 2.96. The van der Waals surface area contributed by atoms with Gasteiger partial charge < -0.3 is 14.5 Å². The summed E-state index contributed by atoms with van der Waals surface area (Å²) in [5.74, 6) is -0.750. The van der Waals surface area contributed by atoms with Crippen LogP contribution >= 0.6 is 0 Å². The average molecular weight is 337 g/mol. The molecule has 7 heteroatoms. The number of amides is 1. The number of hydrogen-bond donors (Lipinski definition) is 1. The van der Waals surface area contributed by atoms with Crippen molar-refractivity contribution in [2.24, 2.45) is 0 Å². The highest BCUT2D eigenvalue weighted by atomic mass is 32.2. The predicted octanol–water partition coefficient (Wildman–Crippen LogP) is 2.02. The van der Waals surface area contributed by atoms with Gasteiger partial charge in [-0.3, -0.25) is 4.79 Å². The first-order chi connectivity index (χ1) is 10.9. The van der Waals surface area contributed by atoms with Crippen molar-refractivity contribution in [3.8, 4) is 0 Å². The largest absolute Gasteiger partial charge is 0.459 e. The van der Waals surface area contributed by atoms with Crippen molar-refractivity contribution < 1.29 is 22.4 Å². The van der Waals surface area contributed by atoms with Gasteiger partial charge in [-0.15, -0.1) is 0 Å². The Balaban J connectivity index is 2.17. The molecule has 0 radical (unpaired) electrons. The lowest BCUT2D eigenvalue weighted by molar-refractivity contribution is 0.0877. The highest BCUT2D eigenvalue weighted by Crippen LogP contribution is 2.20. The summed E-state index contributed by atoms with van der Waals surface area (Å²) in [4.78, 5) is 12.4. The molecule has 1 N–H and O–H groups in total. The smallest absolute Gasteiger partial charge is 0.287 e. The van der Waals surface area contributed by atoms with Crippen LogP contribution in [0.2, 0.25) is 0 Å². The number of carbonyl (C=O) groups excluding carboxylic acids is 1. The zero-order valence-corrected chi connectivity index (χ0v) is 13.8. The second kappa shape index (κ2) is 7.43. The SMILES string of the molecule is COC[C@H](C)NC(=O)c1occc1CS(=O)(=O)c1ccccc1. The Kier molecular flexibility index (Phi) is 5.57. The van der Waals surface area contributed by atoms with Gasteiger partial charge in [0.15, 0.2) is 15.6 Å². The Hall–Kier alpha value is -2.12. The zero-order chi connectivity index (χ0) is 16.9. The maximum absolute atomic E-state index is 12.4. The molecule has 23 heavy (non-hydrogen) atoms. The van der Waals surface area contributed by atoms with E-state index in [1.54, 1.807) is 25.1 Å². The number of nitrogens with one attached hydrogen (secondary N) is 1. The Morgan fingerprint density at radius 1 is 1.26 bits per heavy atom. The normalized spacial score (nSPS) is 12.8. The molecule has 6 nitrogen and oxygen atoms in total. The number of rotatable bonds is 7. The van der Waals surface area contributed by atoms with Gasteiger partial charge in [-0.05, 0) is 25.1 Å². The molecule has 1 amide bonds. The van der Waals surface area contributed by atoms with Crippen LogP contribution in [0.15, 0.2) is 52.0 Å². The summed E-state index contributed by atoms with van der Waals surface area (Å²) in [5.41, 5.74) is 0.330. The van der Waals surface area contributed by atoms with E-state index in [0.717, 1.165) is 0 Å². The Morgan fingerprint density at radius 3 is 2.61 bits per heavy atom. The van der Waals surface area contributed by atoms with Gasteiger partial charge in [0.2, 0.25) is 0 Å². The number of benzene rings is 1. The maximum Gasteiger partial charge on any atom is 0.287 e. The second-order valence-electron chi connectivity index (χ2n) is 5.18. The summed E-state index contributed by atoms with van der Waals surface area (Å²) in [7, 11) is -2.01. The minimum absolute atomic E-state index is 0.00691. The third kappa shape index (κ3) is 4.43. The van der Waals surface area contributed by atoms with E-state index in [1.165, 1.54) is 31.6 Å². The van der Waals surface area contributed by atoms with Crippen molar-refractivity contribution >= 4 is 15.7 Å². The quantitative estimate of drug-likeness (QED) is 0.835. The number of ether oxygens (including phenoxy) is 1. The Bertz CT molecular complexity index is 752. The van der Waals surface area contributed by atoms with Gasteiger partial charge in [-0.25, -0.2) is 8.42 Å². The molecule has 1 heterocycles. The van der Waals surface area contributed by atoms with Gasteiger partial charge in [0.25, 0.3) is 5.91 Å². The third-order valence-electron chi connectivity index (χ3n) is 3.20. The highest BCUT2D eigenvalue weighted by molar-refractivity contribution is 7.90. The minimum atomic E-state index is -3.54. The Morgan fingerprint density at radius 2 is 1.96 bits per heavy atom. The number of methoxy groups -OCH3 is 1. The van der Waals surface area contributed by atoms with Crippen molar-refractivity contribution in [1.82, 2.24) is 5.32 Å². The maximum atomic E-state index is 12.4. The topological polar surface area (TPSA) is 85.6 Å². The number of hydrogen-bond acceptors (Lipinski definition) is 5. The molecule has 0 aliphatic heterocycles. The molecule has 0 unspecified atom stereocenters. The van der Waals surface area contributed by atoms with E-state index in [2.05, 4.69) is 5.32 Å². The first-order valence-corrected chi connectivity index (χ1v) is 8.73. The van der Waals surface area contributed by atoms with Gasteiger partial charge in [0.1, 0.15) is 0 Å². The summed E-state index contributed by atoms with van der Waals surface area (Å²) in [6.45, 7) is 2.13. The molecular formula is C16H19NO5S. The minimum Gasteiger partial charge on any atom is -0.459 e. The zero-order valence-electron chi connectivity index (χ0n) is 13.0. The van der Waals surface area contributed by atoms with Crippen LogP contribution in [-0.2, 0) is 20.3 Å². The molecular weight excluding hydrogens is 318 g/mol. The molecule has 0 bridgehead atoms. The van der Waals surface area contributed by atoms with Crippen LogP contribution in [0.5, 0.6) is 0 Å². The van der Waals surface area contributed by atoms with Crippen LogP contribution in [0, 0.1) is 0 Å². The van der Waals surface area contributed by atoms with Gasteiger partial charge in [-0.1, -0.05) is 18.2 Å². The first kappa shape index (κ1) is 17.2. The van der Waals surface area contributed by atoms with Crippen molar-refractivity contribution in [2.45, 2.75) is 23.6 Å². The summed E-state index contributed by atoms with van der Waals surface area (Å²) in [6.07, 6.45) is 1.31. The molecule has 1 atom stereocenters. The van der Waals surface area contributed by atoms with E-state index < -0.39 is 15.7 Å². The van der Waals surface area contributed by atoms with Crippen LogP contribution in [0.4, 0.5) is 0 Å². The van der Waals surface area contributed by atoms with Crippen molar-refractivity contribution in [2.75, 3.05) is 13.7 Å². The molecule has 2 rings (SSSR count). The van der Waals surface area contributed by atoms with E-state index in [4.69, 9.17) is 9.15 Å². The summed E-state index contributed by atoms with van der Waals surface area (Å²) < 4.78 is 34.9. The summed E-state index contributed by atoms with van der Waals surface area (Å²) >= 11 is 0. The van der Waals surface area contributed by atoms with Crippen LogP contribution in [0.1, 0.15) is 23.0 Å². The van der Waals surface area contributed by atoms with E-state index in [9.17, 15) is 13.2 Å². The van der Waals surface area contributed by atoms with Gasteiger partial charge in [0.05, 0.1) is 23.5 Å². The summed E-state index contributed by atoms with van der Waals surface area (Å²) in [6, 6.07) is 9.38. The third-order valence-corrected chi connectivity index (χ3v) is 4.88. The van der Waals surface area contributed by atoms with Crippen LogP contribution < -0.4 is 5.32 Å². The lowest BCUT2D eigenvalue weighted by atomic mass is 10.2. The fraction of sp³-hybridized carbons (Fsp3) is 0.312. The van der Waals surface area contributed by atoms with Crippen molar-refractivity contribution in [3.63, 3.8) is 0 Å². The Labute approximate surface area is 135 Å². The fourth-order valence-corrected chi connectivity index (χ4v) is 3.52. The first-order valence-electron chi connectivity index (χ1n) is 7.08. The monoisotopic (exact) mass is 337 g/mol. The molecule has 0 saturated carbocycles. The molecule has 2 aromatic rings. The van der Waals surface area contributed by atoms with E-state index in [1.807, 2.05) is 0 Å². The van der Waals surface area contributed by atoms with Gasteiger partial charge in [0, 0.05) is 18.7 Å². The van der Waals surface area contributed by atoms with Crippen LogP contribution in [-0.4, -0.2) is 34.1 Å². The van der Waals surface area contributed by atoms with Crippen LogP contribution in [0.25, 0.3) is 0 Å². The van der Waals surface area contributed by atoms with Crippen LogP contribution in [0.3, 0.4) is 0 Å². The number of carbonyl (C=O) groups is 1.